The van der Waals surface area contributed by atoms with Gasteiger partial charge in [-0.3, -0.25) is 9.59 Å². The zero-order valence-corrected chi connectivity index (χ0v) is 15.4. The molecule has 0 fully saturated rings. The standard InChI is InChI=1S/C20H17N3O6/c1-11(18(24)21-9-12-6-7-15-16(8-12)28-10-27-15)29-20(26)17-13-4-2-3-5-14(13)19(25)23-22-17/h2-8,11H,9-10H2,1H3,(H,21,24)(H,23,25)/t11-/m0/s1. The van der Waals surface area contributed by atoms with E-state index in [1.54, 1.807) is 42.5 Å². The number of amides is 1. The highest BCUT2D eigenvalue weighted by molar-refractivity contribution is 6.02. The average molecular weight is 395 g/mol. The lowest BCUT2D eigenvalue weighted by Crippen LogP contribution is -2.35. The van der Waals surface area contributed by atoms with E-state index in [1.165, 1.54) is 6.92 Å². The van der Waals surface area contributed by atoms with Gasteiger partial charge >= 0.3 is 5.97 Å². The molecule has 0 unspecified atom stereocenters. The molecule has 3 aromatic rings. The number of esters is 1. The Labute approximate surface area is 164 Å². The lowest BCUT2D eigenvalue weighted by atomic mass is 10.1. The number of H-pyrrole nitrogens is 1. The Morgan fingerprint density at radius 2 is 1.93 bits per heavy atom. The van der Waals surface area contributed by atoms with Gasteiger partial charge in [-0.2, -0.15) is 5.10 Å². The smallest absolute Gasteiger partial charge is 0.360 e. The third-order valence-electron chi connectivity index (χ3n) is 4.45. The first kappa shape index (κ1) is 18.5. The van der Waals surface area contributed by atoms with Crippen molar-refractivity contribution in [1.82, 2.24) is 15.5 Å². The van der Waals surface area contributed by atoms with Crippen molar-refractivity contribution in [1.29, 1.82) is 0 Å². The summed E-state index contributed by atoms with van der Waals surface area (Å²) < 4.78 is 15.8. The molecule has 2 N–H and O–H groups in total. The van der Waals surface area contributed by atoms with Crippen LogP contribution in [-0.2, 0) is 16.1 Å². The Morgan fingerprint density at radius 1 is 1.17 bits per heavy atom. The third-order valence-corrected chi connectivity index (χ3v) is 4.45. The molecule has 9 heteroatoms. The highest BCUT2D eigenvalue weighted by Gasteiger charge is 2.22. The van der Waals surface area contributed by atoms with E-state index in [-0.39, 0.29) is 19.0 Å². The predicted molar refractivity (Wildman–Crippen MR) is 102 cm³/mol. The zero-order chi connectivity index (χ0) is 20.4. The second-order valence-corrected chi connectivity index (χ2v) is 6.40. The number of hydrogen-bond acceptors (Lipinski definition) is 7. The summed E-state index contributed by atoms with van der Waals surface area (Å²) in [6.07, 6.45) is -1.05. The van der Waals surface area contributed by atoms with Crippen molar-refractivity contribution in [3.63, 3.8) is 0 Å². The molecule has 0 spiro atoms. The fraction of sp³-hybridized carbons (Fsp3) is 0.200. The second kappa shape index (κ2) is 7.63. The summed E-state index contributed by atoms with van der Waals surface area (Å²) in [5, 5.41) is 9.41. The molecule has 0 aliphatic carbocycles. The lowest BCUT2D eigenvalue weighted by molar-refractivity contribution is -0.129. The Hall–Kier alpha value is -3.88. The monoisotopic (exact) mass is 395 g/mol. The van der Waals surface area contributed by atoms with E-state index in [9.17, 15) is 14.4 Å². The van der Waals surface area contributed by atoms with Crippen LogP contribution in [0.1, 0.15) is 23.0 Å². The quantitative estimate of drug-likeness (QED) is 0.629. The van der Waals surface area contributed by atoms with Crippen LogP contribution in [0.5, 0.6) is 11.5 Å². The third kappa shape index (κ3) is 3.75. The Kier molecular flexibility index (Phi) is 4.86. The first-order valence-corrected chi connectivity index (χ1v) is 8.87. The lowest BCUT2D eigenvalue weighted by Gasteiger charge is -2.14. The largest absolute Gasteiger partial charge is 0.454 e. The van der Waals surface area contributed by atoms with Crippen LogP contribution in [0.2, 0.25) is 0 Å². The SMILES string of the molecule is C[C@H](OC(=O)c1n[nH]c(=O)c2ccccc12)C(=O)NCc1ccc2c(c1)OCO2. The van der Waals surface area contributed by atoms with E-state index in [1.807, 2.05) is 0 Å². The molecule has 0 bridgehead atoms. The van der Waals surface area contributed by atoms with Crippen molar-refractivity contribution >= 4 is 22.6 Å². The molecule has 4 rings (SSSR count). The minimum atomic E-state index is -1.05. The molecule has 1 aliphatic rings. The summed E-state index contributed by atoms with van der Waals surface area (Å²) in [4.78, 5) is 36.6. The molecular weight excluding hydrogens is 378 g/mol. The van der Waals surface area contributed by atoms with Crippen molar-refractivity contribution in [3.8, 4) is 11.5 Å². The van der Waals surface area contributed by atoms with Gasteiger partial charge in [0.25, 0.3) is 11.5 Å². The number of nitrogens with zero attached hydrogens (tertiary/aromatic N) is 1. The highest BCUT2D eigenvalue weighted by atomic mass is 16.7. The molecule has 148 valence electrons. The van der Waals surface area contributed by atoms with Crippen LogP contribution >= 0.6 is 0 Å². The number of carbonyl (C=O) groups is 2. The summed E-state index contributed by atoms with van der Waals surface area (Å²) in [6, 6.07) is 11.9. The molecule has 1 aromatic heterocycles. The van der Waals surface area contributed by atoms with E-state index < -0.39 is 23.5 Å². The maximum atomic E-state index is 12.5. The second-order valence-electron chi connectivity index (χ2n) is 6.40. The maximum absolute atomic E-state index is 12.5. The number of nitrogens with one attached hydrogen (secondary N) is 2. The summed E-state index contributed by atoms with van der Waals surface area (Å²) >= 11 is 0. The van der Waals surface area contributed by atoms with Gasteiger partial charge in [-0.1, -0.05) is 24.3 Å². The summed E-state index contributed by atoms with van der Waals surface area (Å²) in [7, 11) is 0. The van der Waals surface area contributed by atoms with Gasteiger partial charge in [0, 0.05) is 11.9 Å². The van der Waals surface area contributed by atoms with Crippen LogP contribution in [0.15, 0.2) is 47.3 Å². The van der Waals surface area contributed by atoms with Gasteiger partial charge in [0.2, 0.25) is 6.79 Å². The van der Waals surface area contributed by atoms with Crippen molar-refractivity contribution in [2.45, 2.75) is 19.6 Å². The number of rotatable bonds is 5. The van der Waals surface area contributed by atoms with Crippen molar-refractivity contribution in [2.24, 2.45) is 0 Å². The summed E-state index contributed by atoms with van der Waals surface area (Å²) in [5.74, 6) is 0.00294. The first-order chi connectivity index (χ1) is 14.0. The van der Waals surface area contributed by atoms with Crippen LogP contribution in [0.25, 0.3) is 10.8 Å². The number of fused-ring (bicyclic) bond motifs is 2. The molecule has 1 aliphatic heterocycles. The fourth-order valence-corrected chi connectivity index (χ4v) is 2.92. The van der Waals surface area contributed by atoms with E-state index in [2.05, 4.69) is 15.5 Å². The Morgan fingerprint density at radius 3 is 2.76 bits per heavy atom. The van der Waals surface area contributed by atoms with Crippen molar-refractivity contribution in [3.05, 3.63) is 64.1 Å². The van der Waals surface area contributed by atoms with E-state index in [0.29, 0.717) is 22.3 Å². The summed E-state index contributed by atoms with van der Waals surface area (Å²) in [6.45, 7) is 1.86. The highest BCUT2D eigenvalue weighted by Crippen LogP contribution is 2.32. The van der Waals surface area contributed by atoms with Gasteiger partial charge in [-0.15, -0.1) is 0 Å². The van der Waals surface area contributed by atoms with Crippen LogP contribution in [0.3, 0.4) is 0 Å². The molecular formula is C20H17N3O6. The topological polar surface area (TPSA) is 120 Å². The van der Waals surface area contributed by atoms with Gasteiger partial charge < -0.3 is 19.5 Å². The van der Waals surface area contributed by atoms with E-state index >= 15 is 0 Å². The van der Waals surface area contributed by atoms with Gasteiger partial charge in [0.1, 0.15) is 0 Å². The van der Waals surface area contributed by atoms with Gasteiger partial charge in [0.15, 0.2) is 23.3 Å². The van der Waals surface area contributed by atoms with Gasteiger partial charge in [0.05, 0.1) is 5.39 Å². The maximum Gasteiger partial charge on any atom is 0.360 e. The molecule has 0 saturated heterocycles. The predicted octanol–water partition coefficient (Wildman–Crippen LogP) is 1.51. The molecule has 29 heavy (non-hydrogen) atoms. The van der Waals surface area contributed by atoms with Crippen LogP contribution in [0.4, 0.5) is 0 Å². The van der Waals surface area contributed by atoms with Crippen molar-refractivity contribution < 1.29 is 23.8 Å². The molecule has 9 nitrogen and oxygen atoms in total. The minimum Gasteiger partial charge on any atom is -0.454 e. The molecule has 0 saturated carbocycles. The van der Waals surface area contributed by atoms with Crippen LogP contribution in [-0.4, -0.2) is 35.0 Å². The number of carbonyl (C=O) groups excluding carboxylic acids is 2. The molecule has 2 heterocycles. The van der Waals surface area contributed by atoms with E-state index in [0.717, 1.165) is 5.56 Å². The number of hydrogen-bond donors (Lipinski definition) is 2. The molecule has 1 amide bonds. The molecule has 1 atom stereocenters. The molecule has 0 radical (unpaired) electrons. The number of aromatic amines is 1. The minimum absolute atomic E-state index is 0.0596. The van der Waals surface area contributed by atoms with Gasteiger partial charge in [-0.25, -0.2) is 9.89 Å². The zero-order valence-electron chi connectivity index (χ0n) is 15.4. The Bertz CT molecular complexity index is 1160. The van der Waals surface area contributed by atoms with E-state index in [4.69, 9.17) is 14.2 Å². The number of ether oxygens (including phenoxy) is 3. The van der Waals surface area contributed by atoms with Crippen LogP contribution < -0.4 is 20.3 Å². The van der Waals surface area contributed by atoms with Crippen LogP contribution in [0, 0.1) is 0 Å². The van der Waals surface area contributed by atoms with Crippen molar-refractivity contribution in [2.75, 3.05) is 6.79 Å². The number of aromatic nitrogens is 2. The first-order valence-electron chi connectivity index (χ1n) is 8.87. The number of benzene rings is 2. The molecule has 2 aromatic carbocycles. The summed E-state index contributed by atoms with van der Waals surface area (Å²) in [5.41, 5.74) is 0.344. The fourth-order valence-electron chi connectivity index (χ4n) is 2.92. The van der Waals surface area contributed by atoms with Gasteiger partial charge in [-0.05, 0) is 30.7 Å². The normalized spacial score (nSPS) is 13.1. The average Bonchev–Trinajstić information content (AvgIpc) is 3.20. The Balaban J connectivity index is 1.40.